The zero-order chi connectivity index (χ0) is 42.1. The van der Waals surface area contributed by atoms with Crippen molar-refractivity contribution in [3.63, 3.8) is 0 Å². The summed E-state index contributed by atoms with van der Waals surface area (Å²) in [5.74, 6) is -4.75. The van der Waals surface area contributed by atoms with Gasteiger partial charge in [0.25, 0.3) is 5.91 Å². The van der Waals surface area contributed by atoms with E-state index >= 15 is 0 Å². The third-order valence-electron chi connectivity index (χ3n) is 10.1. The van der Waals surface area contributed by atoms with E-state index in [1.165, 1.54) is 0 Å². The predicted octanol–water partition coefficient (Wildman–Crippen LogP) is 6.96. The number of carbonyl (C=O) groups excluding carboxylic acids is 1. The van der Waals surface area contributed by atoms with Crippen molar-refractivity contribution < 1.29 is 39.6 Å². The van der Waals surface area contributed by atoms with Gasteiger partial charge in [-0.25, -0.2) is 4.79 Å². The topological polar surface area (TPSA) is 203 Å². The van der Waals surface area contributed by atoms with Crippen molar-refractivity contribution in [2.45, 2.75) is 49.5 Å². The molecule has 0 radical (unpaired) electrons. The van der Waals surface area contributed by atoms with Crippen molar-refractivity contribution in [3.05, 3.63) is 116 Å². The molecular weight excluding hydrogens is 775 g/mol. The first-order chi connectivity index (χ1) is 26.8. The zero-order valence-electron chi connectivity index (χ0n) is 31.9. The molecule has 4 N–H and O–H groups in total. The maximum Gasteiger partial charge on any atom is 0.336 e. The van der Waals surface area contributed by atoms with Crippen LogP contribution in [0.5, 0.6) is 0 Å². The van der Waals surface area contributed by atoms with Crippen LogP contribution in [0.25, 0.3) is 10.8 Å². The Kier molecular flexibility index (Phi) is 15.2. The summed E-state index contributed by atoms with van der Waals surface area (Å²) in [6.45, 7) is 3.25. The summed E-state index contributed by atoms with van der Waals surface area (Å²) in [5, 5.41) is 58.9. The maximum atomic E-state index is 13.8. The fourth-order valence-electron chi connectivity index (χ4n) is 7.14. The number of carbonyl (C=O) groups is 4. The Labute approximate surface area is 341 Å². The van der Waals surface area contributed by atoms with Crippen LogP contribution in [0.2, 0.25) is 10.0 Å². The van der Waals surface area contributed by atoms with Crippen molar-refractivity contribution >= 4 is 63.5 Å². The molecule has 1 heterocycles. The molecule has 4 aromatic carbocycles. The summed E-state index contributed by atoms with van der Waals surface area (Å²) >= 11 is 12.7. The van der Waals surface area contributed by atoms with Gasteiger partial charge in [0, 0.05) is 30.6 Å². The molecule has 0 aromatic heterocycles. The molecule has 0 aliphatic carbocycles. The van der Waals surface area contributed by atoms with E-state index in [4.69, 9.17) is 43.6 Å². The molecule has 0 spiro atoms. The molecule has 4 aromatic rings. The van der Waals surface area contributed by atoms with Gasteiger partial charge in [0.15, 0.2) is 5.60 Å². The van der Waals surface area contributed by atoms with Crippen LogP contribution < -0.4 is 4.65 Å². The fourth-order valence-corrected chi connectivity index (χ4v) is 7.45. The highest BCUT2D eigenvalue weighted by Gasteiger charge is 2.40. The number of hydrogen-bond acceptors (Lipinski definition) is 8. The summed E-state index contributed by atoms with van der Waals surface area (Å²) in [6, 6.07) is 27.1. The van der Waals surface area contributed by atoms with Gasteiger partial charge >= 0.3 is 17.9 Å². The standard InChI is InChI=1S/C36H38Cl2N4O2.C6H8O7/c1-40(36(43)32-21-25(23-39)20-28-8-4-5-9-30(28)32)24-29(27-12-13-33(37)34(38)22-27)16-19-41-17-14-26(15-18-41)31-10-6-7-11-35(31)42(2,3)44;7-3(8)1-6(13,5(11)12)2-4(9)10/h4-13,20-22,26,29H,14-19,24H2,1-3H3;13H,1-2H2,(H,7,8)(H,9,10)(H,11,12). The average Bonchev–Trinajstić information content (AvgIpc) is 3.16. The Morgan fingerprint density at radius 1 is 0.930 bits per heavy atom. The van der Waals surface area contributed by atoms with E-state index < -0.39 is 41.0 Å². The van der Waals surface area contributed by atoms with E-state index in [0.29, 0.717) is 33.6 Å². The maximum absolute atomic E-state index is 13.8. The number of hydrogen-bond donors (Lipinski definition) is 4. The Bertz CT molecular complexity index is 2130. The van der Waals surface area contributed by atoms with Gasteiger partial charge in [0.05, 0.1) is 48.6 Å². The predicted molar refractivity (Wildman–Crippen MR) is 218 cm³/mol. The highest BCUT2D eigenvalue weighted by molar-refractivity contribution is 6.42. The number of aliphatic carboxylic acids is 3. The van der Waals surface area contributed by atoms with Crippen LogP contribution >= 0.6 is 23.2 Å². The molecule has 302 valence electrons. The smallest absolute Gasteiger partial charge is 0.336 e. The first-order valence-corrected chi connectivity index (χ1v) is 19.0. The molecule has 13 nitrogen and oxygen atoms in total. The molecule has 1 saturated heterocycles. The number of rotatable bonds is 14. The van der Waals surface area contributed by atoms with E-state index in [1.807, 2.05) is 73.8 Å². The van der Waals surface area contributed by atoms with Crippen LogP contribution in [0, 0.1) is 16.5 Å². The minimum absolute atomic E-state index is 0.0288. The molecule has 1 aliphatic heterocycles. The number of para-hydroxylation sites is 1. The number of carboxylic acid groups (broad SMARTS) is 3. The molecule has 1 atom stereocenters. The molecule has 57 heavy (non-hydrogen) atoms. The number of likely N-dealkylation sites (tertiary alicyclic amines) is 1. The molecule has 1 fully saturated rings. The number of fused-ring (bicyclic) bond motifs is 1. The van der Waals surface area contributed by atoms with Crippen LogP contribution in [0.1, 0.15) is 71.0 Å². The summed E-state index contributed by atoms with van der Waals surface area (Å²) < 4.78 is -0.426. The normalized spacial score (nSPS) is 14.2. The molecular formula is C42H46Cl2N4O9. The number of hydroxylamine groups is 2. The number of halogens is 2. The lowest BCUT2D eigenvalue weighted by atomic mass is 9.87. The molecule has 0 bridgehead atoms. The summed E-state index contributed by atoms with van der Waals surface area (Å²) in [4.78, 5) is 48.5. The lowest BCUT2D eigenvalue weighted by molar-refractivity contribution is -0.170. The van der Waals surface area contributed by atoms with Gasteiger partial charge in [-0.05, 0) is 91.5 Å². The third-order valence-corrected chi connectivity index (χ3v) is 10.8. The highest BCUT2D eigenvalue weighted by Crippen LogP contribution is 2.37. The van der Waals surface area contributed by atoms with Gasteiger partial charge in [0.2, 0.25) is 0 Å². The van der Waals surface area contributed by atoms with Crippen LogP contribution in [0.3, 0.4) is 0 Å². The number of nitrogens with zero attached hydrogens (tertiary/aromatic N) is 4. The van der Waals surface area contributed by atoms with E-state index in [-0.39, 0.29) is 11.8 Å². The Morgan fingerprint density at radius 2 is 1.54 bits per heavy atom. The Morgan fingerprint density at radius 3 is 2.12 bits per heavy atom. The molecule has 1 unspecified atom stereocenters. The third kappa shape index (κ3) is 12.0. The molecule has 1 amide bonds. The average molecular weight is 822 g/mol. The first kappa shape index (κ1) is 44.6. The van der Waals surface area contributed by atoms with E-state index in [0.717, 1.165) is 66.5 Å². The quantitative estimate of drug-likeness (QED) is 0.0757. The fraction of sp³-hybridized carbons (Fsp3) is 0.357. The van der Waals surface area contributed by atoms with E-state index in [9.17, 15) is 29.6 Å². The van der Waals surface area contributed by atoms with E-state index in [2.05, 4.69) is 17.0 Å². The second kappa shape index (κ2) is 19.4. The largest absolute Gasteiger partial charge is 0.628 e. The van der Waals surface area contributed by atoms with Gasteiger partial charge in [0.1, 0.15) is 5.69 Å². The lowest BCUT2D eigenvalue weighted by Gasteiger charge is -2.38. The van der Waals surface area contributed by atoms with Crippen molar-refractivity contribution in [1.82, 2.24) is 14.4 Å². The van der Waals surface area contributed by atoms with Crippen LogP contribution in [0.4, 0.5) is 5.69 Å². The Hall–Kier alpha value is -5.07. The molecule has 15 heteroatoms. The van der Waals surface area contributed by atoms with Gasteiger partial charge in [-0.3, -0.25) is 14.4 Å². The number of amides is 1. The minimum atomic E-state index is -2.74. The Balaban J connectivity index is 0.000000476. The van der Waals surface area contributed by atoms with Gasteiger partial charge in [-0.15, -0.1) is 0 Å². The van der Waals surface area contributed by atoms with Gasteiger partial charge in [-0.2, -0.15) is 5.26 Å². The van der Waals surface area contributed by atoms with Crippen LogP contribution in [0.15, 0.2) is 78.9 Å². The second-order valence-corrected chi connectivity index (χ2v) is 15.5. The van der Waals surface area contributed by atoms with Crippen molar-refractivity contribution in [2.24, 2.45) is 0 Å². The van der Waals surface area contributed by atoms with Gasteiger partial charge < -0.3 is 40.1 Å². The number of piperidine rings is 1. The minimum Gasteiger partial charge on any atom is -0.628 e. The molecule has 0 saturated carbocycles. The summed E-state index contributed by atoms with van der Waals surface area (Å²) in [6.07, 6.45) is 0.536. The SMILES string of the molecule is CN(CC(CCN1CCC(c2ccccc2[N+](C)(C)[O-])CC1)c1ccc(Cl)c(Cl)c1)C(=O)c1cc(C#N)cc2ccccc12.O=C(O)CC(O)(CC(=O)O)C(=O)O. The van der Waals surface area contributed by atoms with Crippen molar-refractivity contribution in [1.29, 1.82) is 5.26 Å². The summed E-state index contributed by atoms with van der Waals surface area (Å²) in [5.41, 5.74) is 1.29. The number of likely N-dealkylation sites (N-methyl/N-ethyl adjacent to an activating group) is 1. The summed E-state index contributed by atoms with van der Waals surface area (Å²) in [7, 11) is 5.18. The number of carboxylic acids is 3. The number of nitriles is 1. The highest BCUT2D eigenvalue weighted by atomic mass is 35.5. The molecule has 5 rings (SSSR count). The number of aliphatic hydroxyl groups is 1. The van der Waals surface area contributed by atoms with Crippen LogP contribution in [-0.4, -0.2) is 107 Å². The number of quaternary nitrogens is 1. The van der Waals surface area contributed by atoms with Gasteiger partial charge in [-0.1, -0.05) is 71.7 Å². The first-order valence-electron chi connectivity index (χ1n) is 18.2. The lowest BCUT2D eigenvalue weighted by Crippen LogP contribution is -2.42. The monoisotopic (exact) mass is 820 g/mol. The zero-order valence-corrected chi connectivity index (χ0v) is 33.4. The second-order valence-electron chi connectivity index (χ2n) is 14.7. The van der Waals surface area contributed by atoms with Crippen molar-refractivity contribution in [2.75, 3.05) is 47.3 Å². The van der Waals surface area contributed by atoms with E-state index in [1.54, 1.807) is 25.1 Å². The van der Waals surface area contributed by atoms with Crippen molar-refractivity contribution in [3.8, 4) is 6.07 Å². The molecule has 1 aliphatic rings. The van der Waals surface area contributed by atoms with Crippen LogP contribution in [-0.2, 0) is 14.4 Å². The number of benzene rings is 4.